The molecule has 1 aromatic rings. The fourth-order valence-corrected chi connectivity index (χ4v) is 4.43. The molecule has 0 amide bonds. The summed E-state index contributed by atoms with van der Waals surface area (Å²) in [5, 5.41) is 0. The van der Waals surface area contributed by atoms with Crippen molar-refractivity contribution >= 4 is 10.2 Å². The van der Waals surface area contributed by atoms with Crippen molar-refractivity contribution in [3.63, 3.8) is 0 Å². The topological polar surface area (TPSA) is 69.3 Å². The van der Waals surface area contributed by atoms with Crippen LogP contribution in [0.15, 0.2) is 6.20 Å². The van der Waals surface area contributed by atoms with Gasteiger partial charge in [0.15, 0.2) is 0 Å². The molecule has 1 aliphatic rings. The molecule has 1 aliphatic heterocycles. The summed E-state index contributed by atoms with van der Waals surface area (Å²) in [5.41, 5.74) is 0.960. The third kappa shape index (κ3) is 2.68. The van der Waals surface area contributed by atoms with E-state index in [9.17, 15) is 8.42 Å². The molecular formula is C12H22N4O2S. The van der Waals surface area contributed by atoms with Crippen LogP contribution in [-0.2, 0) is 10.2 Å². The van der Waals surface area contributed by atoms with Crippen LogP contribution in [0.5, 0.6) is 0 Å². The molecule has 0 aromatic carbocycles. The Kier molecular flexibility index (Phi) is 4.27. The van der Waals surface area contributed by atoms with Gasteiger partial charge in [0.25, 0.3) is 10.2 Å². The first kappa shape index (κ1) is 14.5. The molecule has 1 atom stereocenters. The van der Waals surface area contributed by atoms with Gasteiger partial charge >= 0.3 is 0 Å². The van der Waals surface area contributed by atoms with Crippen LogP contribution >= 0.6 is 0 Å². The molecule has 6 nitrogen and oxygen atoms in total. The van der Waals surface area contributed by atoms with Crippen molar-refractivity contribution in [2.24, 2.45) is 0 Å². The SMILES string of the molecule is CCN(CC)S(=O)(=O)N1CCC[C@@H]1c1ncc(C)[nH]1. The van der Waals surface area contributed by atoms with E-state index in [1.807, 2.05) is 20.8 Å². The van der Waals surface area contributed by atoms with Crippen molar-refractivity contribution in [3.8, 4) is 0 Å². The molecule has 2 heterocycles. The number of aromatic nitrogens is 2. The van der Waals surface area contributed by atoms with Crippen LogP contribution in [0.2, 0.25) is 0 Å². The lowest BCUT2D eigenvalue weighted by Gasteiger charge is -2.28. The Morgan fingerprint density at radius 2 is 2.16 bits per heavy atom. The fourth-order valence-electron chi connectivity index (χ4n) is 2.59. The monoisotopic (exact) mass is 286 g/mol. The Bertz CT molecular complexity index is 522. The number of nitrogens with one attached hydrogen (secondary N) is 1. The highest BCUT2D eigenvalue weighted by molar-refractivity contribution is 7.86. The van der Waals surface area contributed by atoms with Gasteiger partial charge in [-0.3, -0.25) is 0 Å². The van der Waals surface area contributed by atoms with Crippen LogP contribution in [0.3, 0.4) is 0 Å². The Morgan fingerprint density at radius 1 is 1.47 bits per heavy atom. The average molecular weight is 286 g/mol. The van der Waals surface area contributed by atoms with E-state index in [2.05, 4.69) is 9.97 Å². The second-order valence-electron chi connectivity index (χ2n) is 4.81. The molecule has 1 N–H and O–H groups in total. The summed E-state index contributed by atoms with van der Waals surface area (Å²) in [7, 11) is -3.38. The predicted molar refractivity (Wildman–Crippen MR) is 73.8 cm³/mol. The highest BCUT2D eigenvalue weighted by Crippen LogP contribution is 2.33. The van der Waals surface area contributed by atoms with E-state index < -0.39 is 10.2 Å². The molecular weight excluding hydrogens is 264 g/mol. The summed E-state index contributed by atoms with van der Waals surface area (Å²) in [6.45, 7) is 7.22. The van der Waals surface area contributed by atoms with Gasteiger partial charge in [-0.2, -0.15) is 17.0 Å². The van der Waals surface area contributed by atoms with Crippen molar-refractivity contribution in [1.82, 2.24) is 18.6 Å². The van der Waals surface area contributed by atoms with Crippen LogP contribution in [-0.4, -0.2) is 46.6 Å². The average Bonchev–Trinajstić information content (AvgIpc) is 2.98. The first-order chi connectivity index (χ1) is 9.00. The molecule has 0 unspecified atom stereocenters. The summed E-state index contributed by atoms with van der Waals surface area (Å²) in [6, 6.07) is -0.153. The Hall–Kier alpha value is -0.920. The molecule has 0 bridgehead atoms. The Balaban J connectivity index is 2.28. The maximum Gasteiger partial charge on any atom is 0.282 e. The molecule has 0 radical (unpaired) electrons. The number of hydrogen-bond donors (Lipinski definition) is 1. The van der Waals surface area contributed by atoms with Gasteiger partial charge in [0.1, 0.15) is 5.82 Å². The van der Waals surface area contributed by atoms with E-state index in [1.165, 1.54) is 4.31 Å². The van der Waals surface area contributed by atoms with Gasteiger partial charge in [-0.25, -0.2) is 4.98 Å². The van der Waals surface area contributed by atoms with Gasteiger partial charge in [-0.1, -0.05) is 13.8 Å². The summed E-state index contributed by atoms with van der Waals surface area (Å²) < 4.78 is 28.3. The van der Waals surface area contributed by atoms with E-state index in [1.54, 1.807) is 10.5 Å². The lowest BCUT2D eigenvalue weighted by atomic mass is 10.2. The Labute approximate surface area is 115 Å². The number of H-pyrrole nitrogens is 1. The van der Waals surface area contributed by atoms with Crippen molar-refractivity contribution in [1.29, 1.82) is 0 Å². The van der Waals surface area contributed by atoms with Gasteiger partial charge in [0.2, 0.25) is 0 Å². The number of aryl methyl sites for hydroxylation is 1. The van der Waals surface area contributed by atoms with Gasteiger partial charge in [-0.05, 0) is 19.8 Å². The van der Waals surface area contributed by atoms with Gasteiger partial charge in [0, 0.05) is 31.5 Å². The molecule has 1 fully saturated rings. The molecule has 2 rings (SSSR count). The standard InChI is InChI=1S/C12H22N4O2S/c1-4-15(5-2)19(17,18)16-8-6-7-11(16)12-13-9-10(3)14-12/h9,11H,4-8H2,1-3H3,(H,13,14)/t11-/m1/s1. The molecule has 1 aromatic heterocycles. The summed E-state index contributed by atoms with van der Waals surface area (Å²) in [4.78, 5) is 7.45. The second kappa shape index (κ2) is 5.60. The second-order valence-corrected chi connectivity index (χ2v) is 6.69. The maximum absolute atomic E-state index is 12.6. The van der Waals surface area contributed by atoms with Gasteiger partial charge in [0.05, 0.1) is 6.04 Å². The molecule has 7 heteroatoms. The zero-order chi connectivity index (χ0) is 14.0. The van der Waals surface area contributed by atoms with Crippen LogP contribution in [0.4, 0.5) is 0 Å². The third-order valence-corrected chi connectivity index (χ3v) is 5.77. The first-order valence-electron chi connectivity index (χ1n) is 6.79. The summed E-state index contributed by atoms with van der Waals surface area (Å²) in [5.74, 6) is 0.755. The van der Waals surface area contributed by atoms with Crippen LogP contribution in [0.25, 0.3) is 0 Å². The maximum atomic E-state index is 12.6. The van der Waals surface area contributed by atoms with E-state index in [0.717, 1.165) is 24.4 Å². The molecule has 0 spiro atoms. The number of aromatic amines is 1. The largest absolute Gasteiger partial charge is 0.345 e. The zero-order valence-electron chi connectivity index (χ0n) is 11.8. The van der Waals surface area contributed by atoms with E-state index in [4.69, 9.17) is 0 Å². The zero-order valence-corrected chi connectivity index (χ0v) is 12.6. The number of rotatable bonds is 5. The highest BCUT2D eigenvalue weighted by atomic mass is 32.2. The third-order valence-electron chi connectivity index (χ3n) is 3.57. The first-order valence-corrected chi connectivity index (χ1v) is 8.18. The number of hydrogen-bond acceptors (Lipinski definition) is 3. The molecule has 0 aliphatic carbocycles. The van der Waals surface area contributed by atoms with Gasteiger partial charge < -0.3 is 4.98 Å². The van der Waals surface area contributed by atoms with Crippen molar-refractivity contribution < 1.29 is 8.42 Å². The normalized spacial score (nSPS) is 21.4. The van der Waals surface area contributed by atoms with Crippen molar-refractivity contribution in [2.75, 3.05) is 19.6 Å². The molecule has 108 valence electrons. The minimum atomic E-state index is -3.38. The van der Waals surface area contributed by atoms with Gasteiger partial charge in [-0.15, -0.1) is 0 Å². The van der Waals surface area contributed by atoms with E-state index >= 15 is 0 Å². The molecule has 0 saturated carbocycles. The van der Waals surface area contributed by atoms with E-state index in [-0.39, 0.29) is 6.04 Å². The van der Waals surface area contributed by atoms with Crippen LogP contribution < -0.4 is 0 Å². The van der Waals surface area contributed by atoms with E-state index in [0.29, 0.717) is 19.6 Å². The molecule has 1 saturated heterocycles. The molecule has 19 heavy (non-hydrogen) atoms. The van der Waals surface area contributed by atoms with Crippen molar-refractivity contribution in [3.05, 3.63) is 17.7 Å². The fraction of sp³-hybridized carbons (Fsp3) is 0.750. The predicted octanol–water partition coefficient (Wildman–Crippen LogP) is 1.44. The van der Waals surface area contributed by atoms with Crippen LogP contribution in [0, 0.1) is 6.92 Å². The highest BCUT2D eigenvalue weighted by Gasteiger charge is 2.39. The quantitative estimate of drug-likeness (QED) is 0.890. The number of imidazole rings is 1. The Morgan fingerprint density at radius 3 is 2.68 bits per heavy atom. The lowest BCUT2D eigenvalue weighted by Crippen LogP contribution is -2.43. The lowest BCUT2D eigenvalue weighted by molar-refractivity contribution is 0.332. The summed E-state index contributed by atoms with van der Waals surface area (Å²) in [6.07, 6.45) is 3.45. The van der Waals surface area contributed by atoms with Crippen molar-refractivity contribution in [2.45, 2.75) is 39.7 Å². The minimum Gasteiger partial charge on any atom is -0.345 e. The smallest absolute Gasteiger partial charge is 0.282 e. The summed E-state index contributed by atoms with van der Waals surface area (Å²) >= 11 is 0. The number of nitrogens with zero attached hydrogens (tertiary/aromatic N) is 3. The van der Waals surface area contributed by atoms with Crippen LogP contribution in [0.1, 0.15) is 44.2 Å². The minimum absolute atomic E-state index is 0.153.